The van der Waals surface area contributed by atoms with Gasteiger partial charge in [0.1, 0.15) is 0 Å². The summed E-state index contributed by atoms with van der Waals surface area (Å²) in [4.78, 5) is 30.8. The van der Waals surface area contributed by atoms with Crippen molar-refractivity contribution in [3.63, 3.8) is 0 Å². The maximum Gasteiger partial charge on any atom is 0.287 e. The second-order valence-electron chi connectivity index (χ2n) is 5.21. The molecule has 3 rings (SSSR count). The zero-order chi connectivity index (χ0) is 17.8. The predicted molar refractivity (Wildman–Crippen MR) is 90.7 cm³/mol. The largest absolute Gasteiger partial charge is 0.383 e. The van der Waals surface area contributed by atoms with E-state index in [-0.39, 0.29) is 17.0 Å². The molecule has 1 amide bonds. The first-order chi connectivity index (χ1) is 12.1. The number of nitrogens with one attached hydrogen (secondary N) is 2. The van der Waals surface area contributed by atoms with Crippen molar-refractivity contribution in [3.8, 4) is 0 Å². The fourth-order valence-corrected chi connectivity index (χ4v) is 2.45. The molecule has 0 aliphatic rings. The number of carbonyl (C=O) groups is 1. The van der Waals surface area contributed by atoms with E-state index in [1.807, 2.05) is 12.1 Å². The van der Waals surface area contributed by atoms with Gasteiger partial charge in [0.15, 0.2) is 11.2 Å². The van der Waals surface area contributed by atoms with Gasteiger partial charge in [-0.05, 0) is 17.7 Å². The summed E-state index contributed by atoms with van der Waals surface area (Å²) in [6.45, 7) is 0.974. The topological polar surface area (TPSA) is 115 Å². The van der Waals surface area contributed by atoms with E-state index in [1.165, 1.54) is 11.8 Å². The van der Waals surface area contributed by atoms with Gasteiger partial charge in [0, 0.05) is 18.7 Å². The lowest BCUT2D eigenvalue weighted by atomic mass is 10.2. The third-order valence-corrected chi connectivity index (χ3v) is 3.64. The minimum Gasteiger partial charge on any atom is -0.383 e. The summed E-state index contributed by atoms with van der Waals surface area (Å²) in [6.07, 6.45) is 0. The number of carbonyl (C=O) groups excluding carboxylic acids is 1. The number of benzene rings is 1. The van der Waals surface area contributed by atoms with E-state index in [0.717, 1.165) is 5.56 Å². The monoisotopic (exact) mass is 362 g/mol. The molecule has 9 nitrogen and oxygen atoms in total. The summed E-state index contributed by atoms with van der Waals surface area (Å²) < 4.78 is 6.31. The van der Waals surface area contributed by atoms with E-state index in [9.17, 15) is 9.59 Å². The number of hydrogen-bond donors (Lipinski definition) is 2. The molecular weight excluding hydrogens is 348 g/mol. The summed E-state index contributed by atoms with van der Waals surface area (Å²) >= 11 is 5.98. The van der Waals surface area contributed by atoms with Gasteiger partial charge < -0.3 is 15.0 Å². The van der Waals surface area contributed by atoms with Crippen LogP contribution >= 0.6 is 11.6 Å². The molecular formula is C15H15ClN6O3. The molecule has 0 spiro atoms. The lowest BCUT2D eigenvalue weighted by molar-refractivity contribution is 0.0926. The van der Waals surface area contributed by atoms with Gasteiger partial charge in [-0.15, -0.1) is 5.10 Å². The van der Waals surface area contributed by atoms with Gasteiger partial charge in [-0.3, -0.25) is 9.59 Å². The number of nitrogens with zero attached hydrogens (tertiary/aromatic N) is 4. The first-order valence-corrected chi connectivity index (χ1v) is 7.81. The molecule has 2 aromatic heterocycles. The first kappa shape index (κ1) is 17.1. The molecule has 0 saturated heterocycles. The fraction of sp³-hybridized carbons (Fsp3) is 0.267. The minimum atomic E-state index is -0.528. The second kappa shape index (κ2) is 7.41. The highest BCUT2D eigenvalue weighted by atomic mass is 35.5. The maximum absolute atomic E-state index is 12.1. The lowest BCUT2D eigenvalue weighted by Crippen LogP contribution is -2.30. The van der Waals surface area contributed by atoms with E-state index in [4.69, 9.17) is 16.3 Å². The van der Waals surface area contributed by atoms with Crippen LogP contribution in [0.3, 0.4) is 0 Å². The third kappa shape index (κ3) is 3.83. The van der Waals surface area contributed by atoms with Crippen LogP contribution in [-0.4, -0.2) is 51.1 Å². The van der Waals surface area contributed by atoms with Crippen molar-refractivity contribution in [2.45, 2.75) is 6.54 Å². The van der Waals surface area contributed by atoms with Crippen LogP contribution < -0.4 is 10.9 Å². The van der Waals surface area contributed by atoms with Crippen LogP contribution in [0.15, 0.2) is 29.1 Å². The van der Waals surface area contributed by atoms with E-state index >= 15 is 0 Å². The van der Waals surface area contributed by atoms with Crippen molar-refractivity contribution in [2.75, 3.05) is 20.3 Å². The first-order valence-electron chi connectivity index (χ1n) is 7.43. The molecule has 1 aromatic carbocycles. The number of H-pyrrole nitrogens is 1. The molecule has 0 bridgehead atoms. The number of hydrogen-bond acceptors (Lipinski definition) is 6. The van der Waals surface area contributed by atoms with Gasteiger partial charge in [0.05, 0.1) is 13.2 Å². The SMILES string of the molecule is COCCNC(=O)c1nc2c(nnn2Cc2cccc(Cl)c2)c(=O)[nH]1. The highest BCUT2D eigenvalue weighted by molar-refractivity contribution is 6.30. The van der Waals surface area contributed by atoms with E-state index in [0.29, 0.717) is 24.7 Å². The van der Waals surface area contributed by atoms with Crippen LogP contribution in [-0.2, 0) is 11.3 Å². The number of halogens is 1. The average molecular weight is 363 g/mol. The Labute approximate surface area is 147 Å². The van der Waals surface area contributed by atoms with Crippen LogP contribution in [0.25, 0.3) is 11.2 Å². The van der Waals surface area contributed by atoms with Crippen molar-refractivity contribution < 1.29 is 9.53 Å². The number of ether oxygens (including phenoxy) is 1. The van der Waals surface area contributed by atoms with Gasteiger partial charge in [-0.2, -0.15) is 0 Å². The lowest BCUT2D eigenvalue weighted by Gasteiger charge is -2.05. The summed E-state index contributed by atoms with van der Waals surface area (Å²) in [5.41, 5.74) is 0.628. The number of aromatic nitrogens is 5. The van der Waals surface area contributed by atoms with Crippen LogP contribution in [0, 0.1) is 0 Å². The Kier molecular flexibility index (Phi) is 5.05. The quantitative estimate of drug-likeness (QED) is 0.620. The molecule has 2 N–H and O–H groups in total. The van der Waals surface area contributed by atoms with Crippen molar-refractivity contribution in [1.82, 2.24) is 30.3 Å². The molecule has 0 aliphatic carbocycles. The number of rotatable bonds is 6. The minimum absolute atomic E-state index is 0.0652. The van der Waals surface area contributed by atoms with Crippen LogP contribution in [0.5, 0.6) is 0 Å². The second-order valence-corrected chi connectivity index (χ2v) is 5.65. The normalized spacial score (nSPS) is 11.0. The summed E-state index contributed by atoms with van der Waals surface area (Å²) in [5.74, 6) is -0.616. The molecule has 130 valence electrons. The molecule has 0 saturated carbocycles. The number of amides is 1. The van der Waals surface area contributed by atoms with Crippen LogP contribution in [0.4, 0.5) is 0 Å². The molecule has 10 heteroatoms. The molecule has 0 radical (unpaired) electrons. The summed E-state index contributed by atoms with van der Waals surface area (Å²) in [5, 5.41) is 11.0. The zero-order valence-corrected chi connectivity index (χ0v) is 14.1. The highest BCUT2D eigenvalue weighted by Crippen LogP contribution is 2.13. The van der Waals surface area contributed by atoms with Crippen LogP contribution in [0.2, 0.25) is 5.02 Å². The maximum atomic E-state index is 12.1. The Morgan fingerprint density at radius 3 is 3.04 bits per heavy atom. The fourth-order valence-electron chi connectivity index (χ4n) is 2.24. The van der Waals surface area contributed by atoms with Gasteiger partial charge in [0.25, 0.3) is 11.5 Å². The molecule has 3 aromatic rings. The smallest absolute Gasteiger partial charge is 0.287 e. The molecule has 2 heterocycles. The van der Waals surface area contributed by atoms with Crippen molar-refractivity contribution in [2.24, 2.45) is 0 Å². The van der Waals surface area contributed by atoms with E-state index in [1.54, 1.807) is 12.1 Å². The number of methoxy groups -OCH3 is 1. The Morgan fingerprint density at radius 2 is 2.28 bits per heavy atom. The number of fused-ring (bicyclic) bond motifs is 1. The molecule has 0 fully saturated rings. The molecule has 0 unspecified atom stereocenters. The van der Waals surface area contributed by atoms with Gasteiger partial charge >= 0.3 is 0 Å². The molecule has 25 heavy (non-hydrogen) atoms. The van der Waals surface area contributed by atoms with Crippen molar-refractivity contribution >= 4 is 28.7 Å². The van der Waals surface area contributed by atoms with Gasteiger partial charge in [-0.1, -0.05) is 28.9 Å². The highest BCUT2D eigenvalue weighted by Gasteiger charge is 2.16. The van der Waals surface area contributed by atoms with Gasteiger partial charge in [0.2, 0.25) is 5.82 Å². The average Bonchev–Trinajstić information content (AvgIpc) is 2.98. The van der Waals surface area contributed by atoms with Crippen molar-refractivity contribution in [1.29, 1.82) is 0 Å². The standard InChI is InChI=1S/C15H15ClN6O3/c1-25-6-5-17-15(24)12-18-13-11(14(23)19-12)20-21-22(13)8-9-3-2-4-10(16)7-9/h2-4,7H,5-6,8H2,1H3,(H,17,24)(H,18,19,23). The Hall–Kier alpha value is -2.78. The Morgan fingerprint density at radius 1 is 1.44 bits per heavy atom. The van der Waals surface area contributed by atoms with E-state index < -0.39 is 11.5 Å². The van der Waals surface area contributed by atoms with Crippen molar-refractivity contribution in [3.05, 3.63) is 51.0 Å². The molecule has 0 atom stereocenters. The van der Waals surface area contributed by atoms with Gasteiger partial charge in [-0.25, -0.2) is 9.67 Å². The summed E-state index contributed by atoms with van der Waals surface area (Å²) in [7, 11) is 1.53. The predicted octanol–water partition coefficient (Wildman–Crippen LogP) is 0.592. The zero-order valence-electron chi connectivity index (χ0n) is 13.3. The number of aromatic amines is 1. The van der Waals surface area contributed by atoms with Crippen LogP contribution in [0.1, 0.15) is 16.2 Å². The Bertz CT molecular complexity index is 967. The Balaban J connectivity index is 1.93. The third-order valence-electron chi connectivity index (χ3n) is 3.40. The molecule has 0 aliphatic heterocycles. The summed E-state index contributed by atoms with van der Waals surface area (Å²) in [6, 6.07) is 7.22. The van der Waals surface area contributed by atoms with E-state index in [2.05, 4.69) is 25.6 Å².